The second kappa shape index (κ2) is 10.8. The van der Waals surface area contributed by atoms with Gasteiger partial charge in [-0.2, -0.15) is 0 Å². The molecular weight excluding hydrogens is 607 g/mol. The first-order valence-corrected chi connectivity index (χ1v) is 14.2. The van der Waals surface area contributed by atoms with Crippen molar-refractivity contribution >= 4 is 39.1 Å². The predicted octanol–water partition coefficient (Wildman–Crippen LogP) is 5.97. The summed E-state index contributed by atoms with van der Waals surface area (Å²) in [4.78, 5) is 17.6. The van der Waals surface area contributed by atoms with E-state index < -0.39 is 18.1 Å². The molecule has 2 aliphatic heterocycles. The number of aromatic nitrogens is 3. The number of hydrogen-bond acceptors (Lipinski definition) is 7. The zero-order valence-electron chi connectivity index (χ0n) is 21.8. The van der Waals surface area contributed by atoms with E-state index in [2.05, 4.69) is 35.6 Å². The number of anilines is 1. The minimum atomic E-state index is -4.87. The van der Waals surface area contributed by atoms with Crippen LogP contribution in [0.15, 0.2) is 52.7 Å². The Morgan fingerprint density at radius 2 is 1.80 bits per heavy atom. The van der Waals surface area contributed by atoms with Gasteiger partial charge in [-0.15, -0.1) is 18.3 Å². The van der Waals surface area contributed by atoms with Crippen molar-refractivity contribution in [2.75, 3.05) is 11.5 Å². The molecule has 1 aromatic carbocycles. The number of carboxylic acid groups (broad SMARTS) is 1. The number of fused-ring (bicyclic) bond motifs is 3. The largest absolute Gasteiger partial charge is 0.573 e. The van der Waals surface area contributed by atoms with Crippen molar-refractivity contribution < 1.29 is 32.5 Å². The molecule has 41 heavy (non-hydrogen) atoms. The topological polar surface area (TPSA) is 113 Å². The van der Waals surface area contributed by atoms with Crippen LogP contribution in [0.25, 0.3) is 5.65 Å². The molecule has 0 spiro atoms. The first-order valence-electron chi connectivity index (χ1n) is 13.4. The molecule has 2 bridgehead atoms. The second-order valence-electron chi connectivity index (χ2n) is 10.6. The number of rotatable bonds is 9. The number of para-hydroxylation sites is 1. The number of alkyl halides is 3. The van der Waals surface area contributed by atoms with Gasteiger partial charge >= 0.3 is 12.3 Å². The van der Waals surface area contributed by atoms with Crippen LogP contribution < -0.4 is 9.64 Å². The van der Waals surface area contributed by atoms with E-state index in [9.17, 15) is 23.1 Å². The zero-order valence-corrected chi connectivity index (χ0v) is 23.4. The van der Waals surface area contributed by atoms with Crippen molar-refractivity contribution in [3.05, 3.63) is 63.9 Å². The van der Waals surface area contributed by atoms with E-state index in [1.54, 1.807) is 12.1 Å². The number of benzene rings is 1. The highest BCUT2D eigenvalue weighted by Gasteiger charge is 2.42. The third-order valence-corrected chi connectivity index (χ3v) is 8.98. The fourth-order valence-electron chi connectivity index (χ4n) is 5.84. The highest BCUT2D eigenvalue weighted by molar-refractivity contribution is 9.11. The highest BCUT2D eigenvalue weighted by Crippen LogP contribution is 2.43. The third kappa shape index (κ3) is 5.82. The molecule has 0 radical (unpaired) electrons. The molecule has 2 N–H and O–H groups in total. The van der Waals surface area contributed by atoms with Crippen LogP contribution in [-0.2, 0) is 4.74 Å². The molecule has 216 valence electrons. The van der Waals surface area contributed by atoms with Crippen molar-refractivity contribution in [1.29, 1.82) is 5.41 Å². The van der Waals surface area contributed by atoms with Gasteiger partial charge in [0.2, 0.25) is 0 Å². The fraction of sp³-hybridized carbons (Fsp3) is 0.429. The Morgan fingerprint density at radius 1 is 1.10 bits per heavy atom. The Bertz CT molecular complexity index is 1520. The SMILES string of the molecule is N=C(/C(COC1CC2CC[C@@H](C1)N2c1ccc2nc(C(=O)O)cn2n1)=C(\Br)C1CC1)c1ccccc1OC(F)(F)F. The summed E-state index contributed by atoms with van der Waals surface area (Å²) in [5.41, 5.74) is 0.929. The van der Waals surface area contributed by atoms with Gasteiger partial charge in [0.15, 0.2) is 11.3 Å². The molecule has 1 aliphatic carbocycles. The molecule has 6 rings (SSSR count). The van der Waals surface area contributed by atoms with Crippen LogP contribution in [0.5, 0.6) is 5.75 Å². The lowest BCUT2D eigenvalue weighted by Crippen LogP contribution is -2.46. The summed E-state index contributed by atoms with van der Waals surface area (Å²) >= 11 is 3.62. The summed E-state index contributed by atoms with van der Waals surface area (Å²) in [5.74, 6) is -0.546. The highest BCUT2D eigenvalue weighted by atomic mass is 79.9. The summed E-state index contributed by atoms with van der Waals surface area (Å²) in [6.45, 7) is 0.0948. The maximum absolute atomic E-state index is 13.0. The lowest BCUT2D eigenvalue weighted by molar-refractivity contribution is -0.274. The molecule has 2 saturated heterocycles. The number of aromatic carboxylic acids is 1. The van der Waals surface area contributed by atoms with Gasteiger partial charge in [0.05, 0.1) is 24.6 Å². The Kier molecular flexibility index (Phi) is 7.26. The van der Waals surface area contributed by atoms with Crippen molar-refractivity contribution in [3.8, 4) is 5.75 Å². The fourth-order valence-corrected chi connectivity index (χ4v) is 6.61. The van der Waals surface area contributed by atoms with Crippen LogP contribution in [-0.4, -0.2) is 62.5 Å². The molecule has 3 aromatic rings. The van der Waals surface area contributed by atoms with Crippen molar-refractivity contribution in [1.82, 2.24) is 14.6 Å². The third-order valence-electron chi connectivity index (χ3n) is 7.85. The van der Waals surface area contributed by atoms with Gasteiger partial charge < -0.3 is 19.5 Å². The molecule has 9 nitrogen and oxygen atoms in total. The Labute approximate surface area is 241 Å². The summed E-state index contributed by atoms with van der Waals surface area (Å²) in [6, 6.07) is 9.66. The van der Waals surface area contributed by atoms with Gasteiger partial charge in [0.1, 0.15) is 11.6 Å². The summed E-state index contributed by atoms with van der Waals surface area (Å²) in [7, 11) is 0. The number of carboxylic acids is 1. The minimum absolute atomic E-state index is 0.0532. The van der Waals surface area contributed by atoms with Crippen LogP contribution in [0.4, 0.5) is 19.0 Å². The van der Waals surface area contributed by atoms with E-state index in [1.165, 1.54) is 28.9 Å². The summed E-state index contributed by atoms with van der Waals surface area (Å²) < 4.78 is 52.0. The lowest BCUT2D eigenvalue weighted by atomic mass is 9.98. The van der Waals surface area contributed by atoms with Gasteiger partial charge in [-0.05, 0) is 68.7 Å². The van der Waals surface area contributed by atoms with Crippen molar-refractivity contribution in [2.24, 2.45) is 5.92 Å². The van der Waals surface area contributed by atoms with Crippen LogP contribution in [0.2, 0.25) is 0 Å². The van der Waals surface area contributed by atoms with E-state index in [-0.39, 0.29) is 47.7 Å². The lowest BCUT2D eigenvalue weighted by Gasteiger charge is -2.39. The van der Waals surface area contributed by atoms with E-state index in [4.69, 9.17) is 10.1 Å². The van der Waals surface area contributed by atoms with E-state index in [0.29, 0.717) is 11.2 Å². The zero-order chi connectivity index (χ0) is 28.9. The number of allylic oxidation sites excluding steroid dienone is 1. The van der Waals surface area contributed by atoms with Crippen LogP contribution in [0.3, 0.4) is 0 Å². The maximum atomic E-state index is 13.0. The average molecular weight is 634 g/mol. The van der Waals surface area contributed by atoms with E-state index in [1.807, 2.05) is 6.07 Å². The molecule has 2 unspecified atom stereocenters. The molecule has 13 heteroatoms. The average Bonchev–Trinajstić information content (AvgIpc) is 3.63. The molecular formula is C28H27BrF3N5O4. The van der Waals surface area contributed by atoms with Crippen LogP contribution >= 0.6 is 15.9 Å². The summed E-state index contributed by atoms with van der Waals surface area (Å²) in [5, 5.41) is 22.7. The normalized spacial score (nSPS) is 23.0. The number of hydrogen-bond donors (Lipinski definition) is 2. The van der Waals surface area contributed by atoms with Crippen molar-refractivity contribution in [2.45, 2.75) is 63.1 Å². The Hall–Kier alpha value is -3.45. The number of ether oxygens (including phenoxy) is 2. The molecule has 0 amide bonds. The number of imidazole rings is 1. The molecule has 4 heterocycles. The second-order valence-corrected chi connectivity index (χ2v) is 11.5. The number of piperidine rings is 1. The maximum Gasteiger partial charge on any atom is 0.573 e. The van der Waals surface area contributed by atoms with Gasteiger partial charge in [-0.25, -0.2) is 14.3 Å². The quantitative estimate of drug-likeness (QED) is 0.279. The van der Waals surface area contributed by atoms with Crippen LogP contribution in [0, 0.1) is 11.3 Å². The van der Waals surface area contributed by atoms with E-state index >= 15 is 0 Å². The monoisotopic (exact) mass is 633 g/mol. The molecule has 1 saturated carbocycles. The van der Waals surface area contributed by atoms with Gasteiger partial charge in [0.25, 0.3) is 0 Å². The Balaban J connectivity index is 1.17. The predicted molar refractivity (Wildman–Crippen MR) is 147 cm³/mol. The molecule has 3 aliphatic rings. The van der Waals surface area contributed by atoms with Gasteiger partial charge in [-0.3, -0.25) is 5.41 Å². The smallest absolute Gasteiger partial charge is 0.476 e. The number of nitrogens with zero attached hydrogens (tertiary/aromatic N) is 4. The number of carbonyl (C=O) groups is 1. The van der Waals surface area contributed by atoms with Crippen LogP contribution in [0.1, 0.15) is 54.6 Å². The van der Waals surface area contributed by atoms with Gasteiger partial charge in [-0.1, -0.05) is 28.1 Å². The molecule has 3 atom stereocenters. The standard InChI is InChI=1S/C28H27BrF3N5O4/c29-25(15-5-6-15)20(26(33)19-3-1-2-4-22(19)41-28(30,31)32)14-40-18-11-16-7-8-17(12-18)37(16)24-10-9-23-34-21(27(38)39)13-36(23)35-24/h1-4,9-10,13,15-18,33H,5-8,11-12,14H2,(H,38,39)/b25-20-,33-26?/t16-,17?,18?/m0/s1. The first kappa shape index (κ1) is 27.7. The molecule has 2 aromatic heterocycles. The van der Waals surface area contributed by atoms with Gasteiger partial charge in [0, 0.05) is 27.7 Å². The minimum Gasteiger partial charge on any atom is -0.476 e. The van der Waals surface area contributed by atoms with E-state index in [0.717, 1.165) is 48.8 Å². The number of nitrogens with one attached hydrogen (secondary N) is 1. The summed E-state index contributed by atoms with van der Waals surface area (Å²) in [6.07, 6.45) is 1.72. The molecule has 3 fully saturated rings. The number of halogens is 4. The Morgan fingerprint density at radius 3 is 2.46 bits per heavy atom. The van der Waals surface area contributed by atoms with Crippen molar-refractivity contribution in [3.63, 3.8) is 0 Å². The first-order chi connectivity index (χ1) is 19.6.